The zero-order chi connectivity index (χ0) is 16.0. The minimum absolute atomic E-state index is 0.00371. The molecule has 0 bridgehead atoms. The molecule has 1 fully saturated rings. The second-order valence-corrected chi connectivity index (χ2v) is 6.46. The molecule has 122 valence electrons. The fourth-order valence-corrected chi connectivity index (χ4v) is 2.80. The lowest BCUT2D eigenvalue weighted by atomic mass is 9.75. The first kappa shape index (κ1) is 17.8. The molecule has 1 rings (SSSR count). The Morgan fingerprint density at radius 2 is 1.90 bits per heavy atom. The van der Waals surface area contributed by atoms with Gasteiger partial charge in [-0.25, -0.2) is 4.79 Å². The molecule has 1 aliphatic carbocycles. The smallest absolute Gasteiger partial charge is 0.317 e. The lowest BCUT2D eigenvalue weighted by Gasteiger charge is -2.49. The van der Waals surface area contributed by atoms with Gasteiger partial charge in [-0.05, 0) is 53.1 Å². The van der Waals surface area contributed by atoms with E-state index in [0.29, 0.717) is 12.8 Å². The Balaban J connectivity index is 2.35. The van der Waals surface area contributed by atoms with Crippen molar-refractivity contribution in [2.45, 2.75) is 57.0 Å². The molecular formula is C15H29N3O3. The number of hydrogen-bond donors (Lipinski definition) is 2. The van der Waals surface area contributed by atoms with Gasteiger partial charge in [0.1, 0.15) is 0 Å². The van der Waals surface area contributed by atoms with Crippen molar-refractivity contribution in [2.24, 2.45) is 0 Å². The number of nitrogens with one attached hydrogen (secondary N) is 1. The third-order valence-corrected chi connectivity index (χ3v) is 4.51. The number of carboxylic acids is 1. The topological polar surface area (TPSA) is 72.9 Å². The van der Waals surface area contributed by atoms with Crippen molar-refractivity contribution in [3.63, 3.8) is 0 Å². The van der Waals surface area contributed by atoms with Crippen molar-refractivity contribution in [1.82, 2.24) is 15.1 Å². The van der Waals surface area contributed by atoms with Gasteiger partial charge >= 0.3 is 12.0 Å². The number of carboxylic acid groups (broad SMARTS) is 1. The Kier molecular flexibility index (Phi) is 6.45. The van der Waals surface area contributed by atoms with E-state index in [9.17, 15) is 9.59 Å². The maximum Gasteiger partial charge on any atom is 0.317 e. The van der Waals surface area contributed by atoms with Crippen LogP contribution in [0.2, 0.25) is 0 Å². The number of rotatable bonds is 8. The maximum absolute atomic E-state index is 12.2. The summed E-state index contributed by atoms with van der Waals surface area (Å²) < 4.78 is 0. The molecule has 0 heterocycles. The molecule has 0 aromatic carbocycles. The van der Waals surface area contributed by atoms with Crippen molar-refractivity contribution < 1.29 is 14.7 Å². The van der Waals surface area contributed by atoms with Crippen LogP contribution in [0.1, 0.15) is 45.4 Å². The van der Waals surface area contributed by atoms with Gasteiger partial charge in [0.05, 0.1) is 0 Å². The summed E-state index contributed by atoms with van der Waals surface area (Å²) in [5.74, 6) is -0.788. The Labute approximate surface area is 127 Å². The van der Waals surface area contributed by atoms with E-state index >= 15 is 0 Å². The van der Waals surface area contributed by atoms with Crippen molar-refractivity contribution in [2.75, 3.05) is 27.7 Å². The molecule has 0 radical (unpaired) electrons. The summed E-state index contributed by atoms with van der Waals surface area (Å²) >= 11 is 0. The van der Waals surface area contributed by atoms with Crippen LogP contribution in [0.5, 0.6) is 0 Å². The molecule has 2 amide bonds. The molecule has 0 saturated heterocycles. The average Bonchev–Trinajstić information content (AvgIpc) is 2.32. The molecule has 0 aliphatic heterocycles. The first-order chi connectivity index (χ1) is 9.77. The van der Waals surface area contributed by atoms with E-state index in [-0.39, 0.29) is 24.0 Å². The summed E-state index contributed by atoms with van der Waals surface area (Å²) in [6.45, 7) is 2.65. The third kappa shape index (κ3) is 5.19. The first-order valence-electron chi connectivity index (χ1n) is 7.68. The first-order valence-corrected chi connectivity index (χ1v) is 7.68. The lowest BCUT2D eigenvalue weighted by molar-refractivity contribution is -0.137. The molecule has 0 aromatic rings. The largest absolute Gasteiger partial charge is 0.481 e. The van der Waals surface area contributed by atoms with E-state index < -0.39 is 5.97 Å². The molecule has 1 aliphatic rings. The number of carbonyl (C=O) groups excluding carboxylic acids is 1. The summed E-state index contributed by atoms with van der Waals surface area (Å²) in [5.41, 5.74) is 0.124. The van der Waals surface area contributed by atoms with Crippen molar-refractivity contribution in [3.8, 4) is 0 Å². The highest BCUT2D eigenvalue weighted by atomic mass is 16.4. The number of amides is 2. The van der Waals surface area contributed by atoms with Gasteiger partial charge < -0.3 is 20.2 Å². The van der Waals surface area contributed by atoms with E-state index in [1.165, 1.54) is 6.42 Å². The van der Waals surface area contributed by atoms with E-state index in [0.717, 1.165) is 19.4 Å². The summed E-state index contributed by atoms with van der Waals surface area (Å²) in [7, 11) is 5.96. The number of carbonyl (C=O) groups is 2. The maximum atomic E-state index is 12.2. The third-order valence-electron chi connectivity index (χ3n) is 4.51. The molecular weight excluding hydrogens is 270 g/mol. The monoisotopic (exact) mass is 299 g/mol. The van der Waals surface area contributed by atoms with Gasteiger partial charge in [-0.15, -0.1) is 0 Å². The van der Waals surface area contributed by atoms with Crippen molar-refractivity contribution in [3.05, 3.63) is 0 Å². The van der Waals surface area contributed by atoms with Crippen LogP contribution in [0.4, 0.5) is 4.79 Å². The highest BCUT2D eigenvalue weighted by Gasteiger charge is 2.40. The van der Waals surface area contributed by atoms with E-state index in [4.69, 9.17) is 5.11 Å². The second-order valence-electron chi connectivity index (χ2n) is 6.46. The van der Waals surface area contributed by atoms with Gasteiger partial charge in [-0.2, -0.15) is 0 Å². The number of hydrogen-bond acceptors (Lipinski definition) is 3. The minimum Gasteiger partial charge on any atom is -0.481 e. The Bertz CT molecular complexity index is 367. The molecule has 1 unspecified atom stereocenters. The highest BCUT2D eigenvalue weighted by Crippen LogP contribution is 2.36. The summed E-state index contributed by atoms with van der Waals surface area (Å²) in [5, 5.41) is 11.5. The van der Waals surface area contributed by atoms with Crippen LogP contribution in [0.15, 0.2) is 0 Å². The zero-order valence-electron chi connectivity index (χ0n) is 13.7. The number of urea groups is 1. The van der Waals surface area contributed by atoms with E-state index in [1.807, 2.05) is 14.0 Å². The molecule has 6 nitrogen and oxygen atoms in total. The quantitative estimate of drug-likeness (QED) is 0.716. The molecule has 0 aromatic heterocycles. The summed E-state index contributed by atoms with van der Waals surface area (Å²) in [6, 6.07) is -0.0815. The van der Waals surface area contributed by atoms with Crippen molar-refractivity contribution in [1.29, 1.82) is 0 Å². The van der Waals surface area contributed by atoms with Gasteiger partial charge in [-0.1, -0.05) is 0 Å². The van der Waals surface area contributed by atoms with Crippen LogP contribution in [-0.4, -0.2) is 66.2 Å². The van der Waals surface area contributed by atoms with Crippen LogP contribution in [0, 0.1) is 0 Å². The predicted octanol–water partition coefficient (Wildman–Crippen LogP) is 1.76. The molecule has 1 saturated carbocycles. The SMILES string of the molecule is CC(CCCC(=O)O)NC(=O)N(C)CC1(N(C)C)CCC1. The van der Waals surface area contributed by atoms with Crippen LogP contribution in [-0.2, 0) is 4.79 Å². The molecule has 2 N–H and O–H groups in total. The van der Waals surface area contributed by atoms with Crippen LogP contribution in [0.3, 0.4) is 0 Å². The molecule has 0 spiro atoms. The fourth-order valence-electron chi connectivity index (χ4n) is 2.80. The van der Waals surface area contributed by atoms with Crippen LogP contribution < -0.4 is 5.32 Å². The van der Waals surface area contributed by atoms with Gasteiger partial charge in [0, 0.05) is 31.6 Å². The zero-order valence-corrected chi connectivity index (χ0v) is 13.7. The number of likely N-dealkylation sites (N-methyl/N-ethyl adjacent to an activating group) is 2. The normalized spacial score (nSPS) is 18.0. The van der Waals surface area contributed by atoms with Gasteiger partial charge in [0.2, 0.25) is 0 Å². The molecule has 21 heavy (non-hydrogen) atoms. The Hall–Kier alpha value is -1.30. The lowest BCUT2D eigenvalue weighted by Crippen LogP contribution is -2.58. The number of aliphatic carboxylic acids is 1. The molecule has 6 heteroatoms. The average molecular weight is 299 g/mol. The minimum atomic E-state index is -0.788. The van der Waals surface area contributed by atoms with Gasteiger partial charge in [0.15, 0.2) is 0 Å². The van der Waals surface area contributed by atoms with Gasteiger partial charge in [0.25, 0.3) is 0 Å². The Morgan fingerprint density at radius 3 is 2.33 bits per heavy atom. The second kappa shape index (κ2) is 7.64. The van der Waals surface area contributed by atoms with Crippen LogP contribution in [0.25, 0.3) is 0 Å². The highest BCUT2D eigenvalue weighted by molar-refractivity contribution is 5.74. The summed E-state index contributed by atoms with van der Waals surface area (Å²) in [4.78, 5) is 26.6. The standard InChI is InChI=1S/C15H29N3O3/c1-12(7-5-8-13(19)20)16-14(21)18(4)11-15(17(2)3)9-6-10-15/h12H,5-11H2,1-4H3,(H,16,21)(H,19,20). The van der Waals surface area contributed by atoms with Crippen LogP contribution >= 0.6 is 0 Å². The fraction of sp³-hybridized carbons (Fsp3) is 0.867. The van der Waals surface area contributed by atoms with Gasteiger partial charge in [-0.3, -0.25) is 4.79 Å². The van der Waals surface area contributed by atoms with Crippen molar-refractivity contribution >= 4 is 12.0 Å². The summed E-state index contributed by atoms with van der Waals surface area (Å²) in [6.07, 6.45) is 4.91. The predicted molar refractivity (Wildman–Crippen MR) is 82.4 cm³/mol. The number of nitrogens with zero attached hydrogens (tertiary/aromatic N) is 2. The molecule has 1 atom stereocenters. The van der Waals surface area contributed by atoms with E-state index in [1.54, 1.807) is 4.90 Å². The van der Waals surface area contributed by atoms with E-state index in [2.05, 4.69) is 24.3 Å². The Morgan fingerprint density at radius 1 is 1.29 bits per heavy atom.